The minimum absolute atomic E-state index is 0.411. The molecule has 0 atom stereocenters. The van der Waals surface area contributed by atoms with Gasteiger partial charge in [-0.1, -0.05) is 25.2 Å². The first kappa shape index (κ1) is 11.2. The van der Waals surface area contributed by atoms with Crippen LogP contribution in [0.3, 0.4) is 0 Å². The average Bonchev–Trinajstić information content (AvgIpc) is 2.94. The van der Waals surface area contributed by atoms with E-state index in [9.17, 15) is 0 Å². The van der Waals surface area contributed by atoms with Gasteiger partial charge in [0, 0.05) is 19.4 Å². The van der Waals surface area contributed by atoms with Gasteiger partial charge >= 0.3 is 0 Å². The molecule has 0 radical (unpaired) electrons. The summed E-state index contributed by atoms with van der Waals surface area (Å²) >= 11 is 1.45. The van der Waals surface area contributed by atoms with E-state index in [-0.39, 0.29) is 0 Å². The van der Waals surface area contributed by atoms with Gasteiger partial charge in [0.1, 0.15) is 10.8 Å². The molecule has 7 heteroatoms. The summed E-state index contributed by atoms with van der Waals surface area (Å²) in [5.74, 6) is 1.75. The average molecular weight is 238 g/mol. The standard InChI is InChI=1S/C9H14N6S/c1-3-6-11-7(4-2)15(14-6)9-13-12-8(5-10)16-9/h3-5,10H2,1-2H3. The third-order valence-electron chi connectivity index (χ3n) is 2.16. The summed E-state index contributed by atoms with van der Waals surface area (Å²) in [6.07, 6.45) is 1.65. The number of nitrogens with two attached hydrogens (primary N) is 1. The highest BCUT2D eigenvalue weighted by atomic mass is 32.1. The maximum absolute atomic E-state index is 5.51. The smallest absolute Gasteiger partial charge is 0.234 e. The van der Waals surface area contributed by atoms with Crippen LogP contribution in [-0.2, 0) is 19.4 Å². The lowest BCUT2D eigenvalue weighted by atomic mass is 10.4. The predicted molar refractivity (Wildman–Crippen MR) is 61.5 cm³/mol. The molecule has 0 fully saturated rings. The third-order valence-corrected chi connectivity index (χ3v) is 3.08. The molecule has 0 spiro atoms. The van der Waals surface area contributed by atoms with E-state index in [4.69, 9.17) is 5.73 Å². The monoisotopic (exact) mass is 238 g/mol. The summed E-state index contributed by atoms with van der Waals surface area (Å²) in [5.41, 5.74) is 5.51. The second kappa shape index (κ2) is 4.67. The van der Waals surface area contributed by atoms with Crippen LogP contribution in [0.4, 0.5) is 0 Å². The summed E-state index contributed by atoms with van der Waals surface area (Å²) in [6.45, 7) is 4.49. The normalized spacial score (nSPS) is 10.9. The molecule has 0 aromatic carbocycles. The molecule has 2 aromatic rings. The molecule has 0 unspecified atom stereocenters. The predicted octanol–water partition coefficient (Wildman–Crippen LogP) is 0.702. The molecule has 0 amide bonds. The van der Waals surface area contributed by atoms with Gasteiger partial charge < -0.3 is 5.73 Å². The van der Waals surface area contributed by atoms with Gasteiger partial charge in [-0.25, -0.2) is 4.98 Å². The molecule has 0 saturated heterocycles. The second-order valence-corrected chi connectivity index (χ2v) is 4.29. The van der Waals surface area contributed by atoms with Crippen molar-refractivity contribution < 1.29 is 0 Å². The first-order valence-corrected chi connectivity index (χ1v) is 6.07. The minimum Gasteiger partial charge on any atom is -0.324 e. The van der Waals surface area contributed by atoms with Gasteiger partial charge in [-0.15, -0.1) is 15.3 Å². The topological polar surface area (TPSA) is 82.5 Å². The van der Waals surface area contributed by atoms with Crippen LogP contribution >= 0.6 is 11.3 Å². The van der Waals surface area contributed by atoms with Crippen molar-refractivity contribution in [1.82, 2.24) is 25.0 Å². The van der Waals surface area contributed by atoms with E-state index < -0.39 is 0 Å². The van der Waals surface area contributed by atoms with Crippen LogP contribution in [0.5, 0.6) is 0 Å². The lowest BCUT2D eigenvalue weighted by Crippen LogP contribution is -2.01. The third kappa shape index (κ3) is 1.96. The first-order valence-electron chi connectivity index (χ1n) is 5.26. The van der Waals surface area contributed by atoms with Crippen LogP contribution < -0.4 is 5.73 Å². The fourth-order valence-corrected chi connectivity index (χ4v) is 2.03. The molecule has 0 bridgehead atoms. The molecule has 0 saturated carbocycles. The Morgan fingerprint density at radius 1 is 1.25 bits per heavy atom. The van der Waals surface area contributed by atoms with Crippen molar-refractivity contribution >= 4 is 11.3 Å². The molecule has 86 valence electrons. The van der Waals surface area contributed by atoms with E-state index in [1.807, 2.05) is 13.8 Å². The Morgan fingerprint density at radius 3 is 2.62 bits per heavy atom. The van der Waals surface area contributed by atoms with Gasteiger partial charge in [-0.2, -0.15) is 4.68 Å². The zero-order valence-corrected chi connectivity index (χ0v) is 10.2. The Labute approximate surface area is 97.5 Å². The summed E-state index contributed by atoms with van der Waals surface area (Å²) in [6, 6.07) is 0. The molecule has 2 N–H and O–H groups in total. The summed E-state index contributed by atoms with van der Waals surface area (Å²) in [7, 11) is 0. The van der Waals surface area contributed by atoms with E-state index in [2.05, 4.69) is 20.3 Å². The largest absolute Gasteiger partial charge is 0.324 e. The van der Waals surface area contributed by atoms with Crippen LogP contribution in [-0.4, -0.2) is 25.0 Å². The van der Waals surface area contributed by atoms with Crippen molar-refractivity contribution in [2.45, 2.75) is 33.2 Å². The van der Waals surface area contributed by atoms with Crippen LogP contribution in [0.15, 0.2) is 0 Å². The van der Waals surface area contributed by atoms with Crippen LogP contribution in [0.1, 0.15) is 30.5 Å². The Hall–Kier alpha value is -1.34. The van der Waals surface area contributed by atoms with Crippen molar-refractivity contribution in [3.63, 3.8) is 0 Å². The van der Waals surface area contributed by atoms with Crippen molar-refractivity contribution in [3.05, 3.63) is 16.7 Å². The van der Waals surface area contributed by atoms with E-state index >= 15 is 0 Å². The zero-order chi connectivity index (χ0) is 11.5. The minimum atomic E-state index is 0.411. The van der Waals surface area contributed by atoms with Crippen LogP contribution in [0.25, 0.3) is 5.13 Å². The van der Waals surface area contributed by atoms with Gasteiger partial charge in [-0.3, -0.25) is 0 Å². The molecule has 2 aromatic heterocycles. The van der Waals surface area contributed by atoms with Crippen LogP contribution in [0.2, 0.25) is 0 Å². The quantitative estimate of drug-likeness (QED) is 0.848. The molecule has 0 aliphatic rings. The maximum Gasteiger partial charge on any atom is 0.234 e. The summed E-state index contributed by atoms with van der Waals surface area (Å²) in [4.78, 5) is 4.42. The van der Waals surface area contributed by atoms with E-state index in [0.29, 0.717) is 6.54 Å². The van der Waals surface area contributed by atoms with Crippen molar-refractivity contribution in [2.75, 3.05) is 0 Å². The first-order chi connectivity index (χ1) is 7.78. The number of aryl methyl sites for hydroxylation is 2. The summed E-state index contributed by atoms with van der Waals surface area (Å²) in [5, 5.41) is 14.0. The number of hydrogen-bond acceptors (Lipinski definition) is 6. The Bertz CT molecular complexity index is 474. The molecule has 6 nitrogen and oxygen atoms in total. The van der Waals surface area contributed by atoms with Gasteiger partial charge in [0.2, 0.25) is 5.13 Å². The van der Waals surface area contributed by atoms with Gasteiger partial charge in [0.15, 0.2) is 5.82 Å². The van der Waals surface area contributed by atoms with E-state index in [1.165, 1.54) is 11.3 Å². The second-order valence-electron chi connectivity index (χ2n) is 3.25. The molecular weight excluding hydrogens is 224 g/mol. The molecule has 16 heavy (non-hydrogen) atoms. The lowest BCUT2D eigenvalue weighted by molar-refractivity contribution is 0.770. The number of aromatic nitrogens is 5. The van der Waals surface area contributed by atoms with Crippen molar-refractivity contribution in [3.8, 4) is 5.13 Å². The molecule has 2 rings (SSSR count). The van der Waals surface area contributed by atoms with Crippen LogP contribution in [0, 0.1) is 0 Å². The number of nitrogens with zero attached hydrogens (tertiary/aromatic N) is 5. The van der Waals surface area contributed by atoms with Gasteiger partial charge in [0.05, 0.1) is 0 Å². The van der Waals surface area contributed by atoms with Crippen molar-refractivity contribution in [1.29, 1.82) is 0 Å². The molecule has 2 heterocycles. The number of rotatable bonds is 4. The fourth-order valence-electron chi connectivity index (χ4n) is 1.34. The maximum atomic E-state index is 5.51. The highest BCUT2D eigenvalue weighted by Crippen LogP contribution is 2.15. The van der Waals surface area contributed by atoms with E-state index in [0.717, 1.165) is 34.6 Å². The highest BCUT2D eigenvalue weighted by Gasteiger charge is 2.12. The summed E-state index contributed by atoms with van der Waals surface area (Å²) < 4.78 is 1.76. The van der Waals surface area contributed by atoms with Crippen molar-refractivity contribution in [2.24, 2.45) is 5.73 Å². The van der Waals surface area contributed by atoms with E-state index in [1.54, 1.807) is 4.68 Å². The number of hydrogen-bond donors (Lipinski definition) is 1. The highest BCUT2D eigenvalue weighted by molar-refractivity contribution is 7.13. The van der Waals surface area contributed by atoms with Gasteiger partial charge in [0.25, 0.3) is 0 Å². The Balaban J connectivity index is 2.41. The Kier molecular flexibility index (Phi) is 3.25. The Morgan fingerprint density at radius 2 is 2.06 bits per heavy atom. The molecule has 0 aliphatic heterocycles. The zero-order valence-electron chi connectivity index (χ0n) is 9.34. The fraction of sp³-hybridized carbons (Fsp3) is 0.556. The van der Waals surface area contributed by atoms with Gasteiger partial charge in [-0.05, 0) is 0 Å². The molecular formula is C9H14N6S. The lowest BCUT2D eigenvalue weighted by Gasteiger charge is -1.96. The SMILES string of the molecule is CCc1nc(CC)n(-c2nnc(CN)s2)n1. The molecule has 0 aliphatic carbocycles.